The second-order valence-corrected chi connectivity index (χ2v) is 7.99. The number of aromatic nitrogens is 1. The van der Waals surface area contributed by atoms with Gasteiger partial charge in [0.1, 0.15) is 0 Å². The first-order valence-electron chi connectivity index (χ1n) is 9.73. The number of nitrogens with zero attached hydrogens (tertiary/aromatic N) is 2. The van der Waals surface area contributed by atoms with Gasteiger partial charge in [0.2, 0.25) is 0 Å². The zero-order chi connectivity index (χ0) is 18.0. The summed E-state index contributed by atoms with van der Waals surface area (Å²) >= 11 is 0. The Morgan fingerprint density at radius 3 is 2.54 bits per heavy atom. The van der Waals surface area contributed by atoms with Crippen LogP contribution in [-0.2, 0) is 5.60 Å². The lowest BCUT2D eigenvalue weighted by Gasteiger charge is -2.53. The quantitative estimate of drug-likeness (QED) is 0.903. The Kier molecular flexibility index (Phi) is 4.92. The number of benzene rings is 1. The van der Waals surface area contributed by atoms with E-state index in [2.05, 4.69) is 59.3 Å². The van der Waals surface area contributed by atoms with Crippen LogP contribution >= 0.6 is 0 Å². The Balaban J connectivity index is 1.51. The molecule has 1 aromatic heterocycles. The average molecular weight is 348 g/mol. The van der Waals surface area contributed by atoms with Crippen molar-refractivity contribution in [3.63, 3.8) is 0 Å². The molecule has 0 radical (unpaired) electrons. The van der Waals surface area contributed by atoms with Crippen LogP contribution in [0.5, 0.6) is 0 Å². The lowest BCUT2D eigenvalue weighted by Crippen LogP contribution is -2.58. The molecule has 1 saturated heterocycles. The summed E-state index contributed by atoms with van der Waals surface area (Å²) in [6, 6.07) is 14.5. The molecule has 2 aromatic rings. The van der Waals surface area contributed by atoms with Crippen molar-refractivity contribution in [1.82, 2.24) is 9.88 Å². The van der Waals surface area contributed by atoms with Crippen LogP contribution in [0, 0.1) is 11.8 Å². The van der Waals surface area contributed by atoms with Crippen molar-refractivity contribution < 1.29 is 5.11 Å². The van der Waals surface area contributed by atoms with Gasteiger partial charge in [-0.1, -0.05) is 54.5 Å². The Morgan fingerprint density at radius 1 is 1.15 bits per heavy atom. The molecule has 26 heavy (non-hydrogen) atoms. The van der Waals surface area contributed by atoms with Gasteiger partial charge in [0.15, 0.2) is 0 Å². The van der Waals surface area contributed by atoms with Crippen LogP contribution in [0.15, 0.2) is 60.4 Å². The average Bonchev–Trinajstić information content (AvgIpc) is 2.64. The van der Waals surface area contributed by atoms with Crippen LogP contribution < -0.4 is 0 Å². The van der Waals surface area contributed by atoms with Crippen molar-refractivity contribution in [2.75, 3.05) is 19.6 Å². The molecule has 3 heteroatoms. The molecular formula is C23H28N2O. The van der Waals surface area contributed by atoms with E-state index >= 15 is 0 Å². The molecule has 1 N–H and O–H groups in total. The second-order valence-electron chi connectivity index (χ2n) is 7.99. The Morgan fingerprint density at radius 2 is 1.88 bits per heavy atom. The predicted molar refractivity (Wildman–Crippen MR) is 105 cm³/mol. The van der Waals surface area contributed by atoms with Gasteiger partial charge in [0.25, 0.3) is 0 Å². The molecule has 4 rings (SSSR count). The van der Waals surface area contributed by atoms with Crippen molar-refractivity contribution in [2.45, 2.75) is 31.8 Å². The highest BCUT2D eigenvalue weighted by atomic mass is 16.3. The summed E-state index contributed by atoms with van der Waals surface area (Å²) in [5.74, 6) is 0.590. The molecular weight excluding hydrogens is 320 g/mol. The SMILES string of the molecule is C/C(=C\c1ccccc1)CN1C[C@H]2CCC[C@H](C1)C2(O)c1cccnc1. The molecule has 1 aromatic carbocycles. The molecule has 0 unspecified atom stereocenters. The first kappa shape index (κ1) is 17.4. The van der Waals surface area contributed by atoms with E-state index in [1.54, 1.807) is 6.20 Å². The maximum Gasteiger partial charge on any atom is 0.0991 e. The first-order chi connectivity index (χ1) is 12.7. The number of piperidine rings is 1. The molecule has 1 saturated carbocycles. The molecule has 3 nitrogen and oxygen atoms in total. The molecule has 0 spiro atoms. The Hall–Kier alpha value is -1.97. The van der Waals surface area contributed by atoms with Crippen molar-refractivity contribution >= 4 is 6.08 Å². The fourth-order valence-corrected chi connectivity index (χ4v) is 4.98. The zero-order valence-corrected chi connectivity index (χ0v) is 15.5. The summed E-state index contributed by atoms with van der Waals surface area (Å²) in [6.45, 7) is 5.11. The second kappa shape index (κ2) is 7.34. The summed E-state index contributed by atoms with van der Waals surface area (Å²) in [5, 5.41) is 11.6. The minimum absolute atomic E-state index is 0.295. The zero-order valence-electron chi connectivity index (χ0n) is 15.5. The van der Waals surface area contributed by atoms with Crippen LogP contribution in [0.3, 0.4) is 0 Å². The molecule has 2 atom stereocenters. The number of rotatable bonds is 4. The number of aliphatic hydroxyl groups is 1. The van der Waals surface area contributed by atoms with Gasteiger partial charge in [-0.25, -0.2) is 0 Å². The highest BCUT2D eigenvalue weighted by Crippen LogP contribution is 2.49. The largest absolute Gasteiger partial charge is 0.384 e. The smallest absolute Gasteiger partial charge is 0.0991 e. The summed E-state index contributed by atoms with van der Waals surface area (Å²) in [7, 11) is 0. The highest BCUT2D eigenvalue weighted by molar-refractivity contribution is 5.52. The van der Waals surface area contributed by atoms with E-state index in [0.29, 0.717) is 11.8 Å². The van der Waals surface area contributed by atoms with E-state index in [4.69, 9.17) is 0 Å². The van der Waals surface area contributed by atoms with Gasteiger partial charge >= 0.3 is 0 Å². The third-order valence-electron chi connectivity index (χ3n) is 6.12. The molecule has 2 fully saturated rings. The van der Waals surface area contributed by atoms with Gasteiger partial charge < -0.3 is 5.11 Å². The number of likely N-dealkylation sites (tertiary alicyclic amines) is 1. The van der Waals surface area contributed by atoms with Crippen LogP contribution in [-0.4, -0.2) is 34.6 Å². The lowest BCUT2D eigenvalue weighted by atomic mass is 9.63. The summed E-state index contributed by atoms with van der Waals surface area (Å²) in [6.07, 6.45) is 9.35. The molecule has 2 bridgehead atoms. The molecule has 1 aliphatic heterocycles. The molecule has 2 heterocycles. The van der Waals surface area contributed by atoms with E-state index in [1.165, 1.54) is 17.6 Å². The maximum atomic E-state index is 11.6. The van der Waals surface area contributed by atoms with Crippen molar-refractivity contribution in [3.8, 4) is 0 Å². The van der Waals surface area contributed by atoms with Gasteiger partial charge in [-0.2, -0.15) is 0 Å². The molecule has 2 aliphatic rings. The minimum Gasteiger partial charge on any atom is -0.384 e. The van der Waals surface area contributed by atoms with E-state index in [-0.39, 0.29) is 0 Å². The van der Waals surface area contributed by atoms with E-state index in [0.717, 1.165) is 38.0 Å². The van der Waals surface area contributed by atoms with Crippen LogP contribution in [0.4, 0.5) is 0 Å². The number of fused-ring (bicyclic) bond motifs is 2. The number of hydrogen-bond donors (Lipinski definition) is 1. The Labute approximate surface area is 156 Å². The first-order valence-corrected chi connectivity index (χ1v) is 9.73. The third kappa shape index (κ3) is 3.34. The standard InChI is InChI=1S/C23H28N2O/c1-18(13-19-7-3-2-4-8-19)15-25-16-21-9-5-10-22(17-25)23(21,26)20-11-6-12-24-14-20/h2-4,6-8,11-14,21-22,26H,5,9-10,15-17H2,1H3/b18-13+/t21-,22-/m1/s1. The molecule has 1 aliphatic carbocycles. The van der Waals surface area contributed by atoms with Crippen LogP contribution in [0.2, 0.25) is 0 Å². The van der Waals surface area contributed by atoms with E-state index in [1.807, 2.05) is 12.3 Å². The van der Waals surface area contributed by atoms with Crippen molar-refractivity contribution in [2.24, 2.45) is 11.8 Å². The summed E-state index contributed by atoms with van der Waals surface area (Å²) < 4.78 is 0. The topological polar surface area (TPSA) is 36.4 Å². The van der Waals surface area contributed by atoms with E-state index in [9.17, 15) is 5.11 Å². The third-order valence-corrected chi connectivity index (χ3v) is 6.12. The molecule has 0 amide bonds. The normalized spacial score (nSPS) is 29.5. The predicted octanol–water partition coefficient (Wildman–Crippen LogP) is 4.10. The number of pyridine rings is 1. The fourth-order valence-electron chi connectivity index (χ4n) is 4.98. The Bertz CT molecular complexity index is 742. The van der Waals surface area contributed by atoms with Gasteiger partial charge in [-0.3, -0.25) is 9.88 Å². The monoisotopic (exact) mass is 348 g/mol. The van der Waals surface area contributed by atoms with Gasteiger partial charge in [0, 0.05) is 49.4 Å². The highest BCUT2D eigenvalue weighted by Gasteiger charge is 2.51. The van der Waals surface area contributed by atoms with Crippen molar-refractivity contribution in [1.29, 1.82) is 0 Å². The van der Waals surface area contributed by atoms with Crippen molar-refractivity contribution in [3.05, 3.63) is 71.6 Å². The van der Waals surface area contributed by atoms with Gasteiger partial charge in [-0.05, 0) is 31.4 Å². The summed E-state index contributed by atoms with van der Waals surface area (Å²) in [4.78, 5) is 6.80. The lowest BCUT2D eigenvalue weighted by molar-refractivity contribution is -0.145. The molecule has 136 valence electrons. The number of hydrogen-bond acceptors (Lipinski definition) is 3. The fraction of sp³-hybridized carbons (Fsp3) is 0.435. The van der Waals surface area contributed by atoms with Gasteiger partial charge in [0.05, 0.1) is 5.60 Å². The maximum absolute atomic E-state index is 11.6. The minimum atomic E-state index is -0.708. The van der Waals surface area contributed by atoms with Crippen LogP contribution in [0.25, 0.3) is 6.08 Å². The summed E-state index contributed by atoms with van der Waals surface area (Å²) in [5.41, 5.74) is 2.93. The van der Waals surface area contributed by atoms with E-state index < -0.39 is 5.60 Å². The van der Waals surface area contributed by atoms with Crippen LogP contribution in [0.1, 0.15) is 37.3 Å². The van der Waals surface area contributed by atoms with Gasteiger partial charge in [-0.15, -0.1) is 0 Å².